The molecule has 5 nitrogen and oxygen atoms in total. The molecule has 0 bridgehead atoms. The summed E-state index contributed by atoms with van der Waals surface area (Å²) < 4.78 is 45.7. The van der Waals surface area contributed by atoms with Crippen LogP contribution in [0.15, 0.2) is 61.1 Å². The van der Waals surface area contributed by atoms with Gasteiger partial charge in [-0.2, -0.15) is 18.3 Å². The van der Waals surface area contributed by atoms with Crippen LogP contribution in [0.2, 0.25) is 0 Å². The van der Waals surface area contributed by atoms with Crippen molar-refractivity contribution in [2.24, 2.45) is 0 Å². The first-order valence-electron chi connectivity index (χ1n) is 8.57. The highest BCUT2D eigenvalue weighted by atomic mass is 19.4. The summed E-state index contributed by atoms with van der Waals surface area (Å²) in [7, 11) is 0. The van der Waals surface area contributed by atoms with Gasteiger partial charge in [-0.05, 0) is 42.8 Å². The van der Waals surface area contributed by atoms with E-state index >= 15 is 0 Å². The lowest BCUT2D eigenvalue weighted by Gasteiger charge is -2.09. The third kappa shape index (κ3) is 3.40. The predicted molar refractivity (Wildman–Crippen MR) is 98.3 cm³/mol. The number of halogens is 3. The fraction of sp³-hybridized carbons (Fsp3) is 0.150. The lowest BCUT2D eigenvalue weighted by molar-refractivity contribution is -0.140. The molecule has 4 rings (SSSR count). The second-order valence-corrected chi connectivity index (χ2v) is 6.03. The first-order chi connectivity index (χ1) is 13.5. The summed E-state index contributed by atoms with van der Waals surface area (Å²) in [6, 6.07) is 11.3. The number of nitrogens with zero attached hydrogens (tertiary/aromatic N) is 4. The van der Waals surface area contributed by atoms with Crippen molar-refractivity contribution >= 4 is 10.9 Å². The van der Waals surface area contributed by atoms with Gasteiger partial charge in [0.15, 0.2) is 5.82 Å². The Hall–Kier alpha value is -3.42. The van der Waals surface area contributed by atoms with E-state index in [1.807, 2.05) is 31.2 Å². The SMILES string of the molecule is CCOc1ccc(-c2cnn(-c3nccc4nc(C(F)(F)F)ccc34)c2)cc1. The van der Waals surface area contributed by atoms with Gasteiger partial charge < -0.3 is 4.74 Å². The number of hydrogen-bond donors (Lipinski definition) is 0. The van der Waals surface area contributed by atoms with Crippen molar-refractivity contribution in [3.8, 4) is 22.7 Å². The van der Waals surface area contributed by atoms with Gasteiger partial charge in [-0.15, -0.1) is 0 Å². The third-order valence-corrected chi connectivity index (χ3v) is 4.18. The molecule has 0 saturated heterocycles. The Bertz CT molecular complexity index is 1120. The van der Waals surface area contributed by atoms with E-state index in [2.05, 4.69) is 15.1 Å². The molecule has 0 unspecified atom stereocenters. The van der Waals surface area contributed by atoms with Crippen LogP contribution < -0.4 is 4.74 Å². The number of aromatic nitrogens is 4. The van der Waals surface area contributed by atoms with Gasteiger partial charge in [0, 0.05) is 23.3 Å². The minimum absolute atomic E-state index is 0.206. The van der Waals surface area contributed by atoms with Gasteiger partial charge >= 0.3 is 6.18 Å². The molecule has 0 fully saturated rings. The Balaban J connectivity index is 1.71. The van der Waals surface area contributed by atoms with Crippen LogP contribution in [0.1, 0.15) is 12.6 Å². The van der Waals surface area contributed by atoms with Crippen LogP contribution in [0.25, 0.3) is 27.8 Å². The van der Waals surface area contributed by atoms with Gasteiger partial charge in [0.05, 0.1) is 18.3 Å². The highest BCUT2D eigenvalue weighted by Crippen LogP contribution is 2.30. The molecule has 0 radical (unpaired) electrons. The van der Waals surface area contributed by atoms with Crippen LogP contribution in [0, 0.1) is 0 Å². The lowest BCUT2D eigenvalue weighted by Crippen LogP contribution is -2.08. The second kappa shape index (κ2) is 6.95. The molecular formula is C20H15F3N4O. The fourth-order valence-corrected chi connectivity index (χ4v) is 2.88. The minimum Gasteiger partial charge on any atom is -0.494 e. The van der Waals surface area contributed by atoms with Crippen molar-refractivity contribution in [1.29, 1.82) is 0 Å². The highest BCUT2D eigenvalue weighted by molar-refractivity contribution is 5.85. The molecule has 0 atom stereocenters. The molecular weight excluding hydrogens is 369 g/mol. The number of fused-ring (bicyclic) bond motifs is 1. The number of rotatable bonds is 4. The van der Waals surface area contributed by atoms with Crippen LogP contribution in [0.5, 0.6) is 5.75 Å². The van der Waals surface area contributed by atoms with E-state index in [1.54, 1.807) is 12.4 Å². The quantitative estimate of drug-likeness (QED) is 0.502. The summed E-state index contributed by atoms with van der Waals surface area (Å²) in [5.41, 5.74) is 1.06. The Morgan fingerprint density at radius 2 is 1.79 bits per heavy atom. The van der Waals surface area contributed by atoms with Gasteiger partial charge in [0.25, 0.3) is 0 Å². The van der Waals surface area contributed by atoms with Gasteiger partial charge in [-0.25, -0.2) is 14.6 Å². The summed E-state index contributed by atoms with van der Waals surface area (Å²) in [6.45, 7) is 2.51. The summed E-state index contributed by atoms with van der Waals surface area (Å²) >= 11 is 0. The van der Waals surface area contributed by atoms with Crippen LogP contribution in [-0.2, 0) is 6.18 Å². The number of hydrogen-bond acceptors (Lipinski definition) is 4. The first kappa shape index (κ1) is 18.0. The average Bonchev–Trinajstić information content (AvgIpc) is 3.17. The first-order valence-corrected chi connectivity index (χ1v) is 8.57. The third-order valence-electron chi connectivity index (χ3n) is 4.18. The van der Waals surface area contributed by atoms with E-state index in [0.29, 0.717) is 17.8 Å². The van der Waals surface area contributed by atoms with E-state index in [-0.39, 0.29) is 5.52 Å². The van der Waals surface area contributed by atoms with Crippen molar-refractivity contribution in [3.63, 3.8) is 0 Å². The maximum Gasteiger partial charge on any atom is 0.433 e. The molecule has 4 aromatic rings. The van der Waals surface area contributed by atoms with Gasteiger partial charge in [-0.3, -0.25) is 0 Å². The monoisotopic (exact) mass is 384 g/mol. The highest BCUT2D eigenvalue weighted by Gasteiger charge is 2.32. The molecule has 28 heavy (non-hydrogen) atoms. The van der Waals surface area contributed by atoms with Gasteiger partial charge in [-0.1, -0.05) is 12.1 Å². The lowest BCUT2D eigenvalue weighted by atomic mass is 10.1. The van der Waals surface area contributed by atoms with Crippen LogP contribution >= 0.6 is 0 Å². The Kier molecular flexibility index (Phi) is 4.46. The van der Waals surface area contributed by atoms with E-state index in [0.717, 1.165) is 22.9 Å². The summed E-state index contributed by atoms with van der Waals surface area (Å²) in [5, 5.41) is 4.80. The normalized spacial score (nSPS) is 11.7. The minimum atomic E-state index is -4.50. The molecule has 3 aromatic heterocycles. The topological polar surface area (TPSA) is 52.8 Å². The molecule has 3 heterocycles. The second-order valence-electron chi connectivity index (χ2n) is 6.03. The Morgan fingerprint density at radius 3 is 2.50 bits per heavy atom. The Labute approximate surface area is 158 Å². The maximum absolute atomic E-state index is 12.9. The van der Waals surface area contributed by atoms with Crippen molar-refractivity contribution in [3.05, 3.63) is 66.7 Å². The molecule has 0 N–H and O–H groups in total. The number of pyridine rings is 2. The molecule has 0 aliphatic rings. The number of alkyl halides is 3. The van der Waals surface area contributed by atoms with Crippen LogP contribution in [0.3, 0.4) is 0 Å². The molecule has 0 saturated carbocycles. The Morgan fingerprint density at radius 1 is 1.00 bits per heavy atom. The molecule has 8 heteroatoms. The fourth-order valence-electron chi connectivity index (χ4n) is 2.88. The summed E-state index contributed by atoms with van der Waals surface area (Å²) in [4.78, 5) is 7.98. The summed E-state index contributed by atoms with van der Waals surface area (Å²) in [5.74, 6) is 1.19. The zero-order chi connectivity index (χ0) is 19.7. The van der Waals surface area contributed by atoms with Crippen molar-refractivity contribution in [1.82, 2.24) is 19.7 Å². The zero-order valence-corrected chi connectivity index (χ0v) is 14.8. The molecule has 0 spiro atoms. The van der Waals surface area contributed by atoms with Crippen molar-refractivity contribution in [2.75, 3.05) is 6.61 Å². The van der Waals surface area contributed by atoms with Gasteiger partial charge in [0.2, 0.25) is 0 Å². The molecule has 0 aliphatic carbocycles. The van der Waals surface area contributed by atoms with E-state index in [9.17, 15) is 13.2 Å². The van der Waals surface area contributed by atoms with Crippen LogP contribution in [0.4, 0.5) is 13.2 Å². The number of ether oxygens (including phenoxy) is 1. The van der Waals surface area contributed by atoms with Crippen molar-refractivity contribution < 1.29 is 17.9 Å². The predicted octanol–water partition coefficient (Wildman–Crippen LogP) is 4.90. The average molecular weight is 384 g/mol. The van der Waals surface area contributed by atoms with E-state index in [1.165, 1.54) is 23.0 Å². The molecule has 142 valence electrons. The largest absolute Gasteiger partial charge is 0.494 e. The molecule has 0 amide bonds. The van der Waals surface area contributed by atoms with E-state index < -0.39 is 11.9 Å². The standard InChI is InChI=1S/C20H15F3N4O/c1-2-28-15-5-3-13(4-6-15)14-11-25-27(12-14)19-16-7-8-18(20(21,22)23)26-17(16)9-10-24-19/h3-12H,2H2,1H3. The molecule has 0 aliphatic heterocycles. The van der Waals surface area contributed by atoms with E-state index in [4.69, 9.17) is 4.74 Å². The summed E-state index contributed by atoms with van der Waals surface area (Å²) in [6.07, 6.45) is 0.371. The smallest absolute Gasteiger partial charge is 0.433 e. The van der Waals surface area contributed by atoms with Crippen molar-refractivity contribution in [2.45, 2.75) is 13.1 Å². The molecule has 1 aromatic carbocycles. The zero-order valence-electron chi connectivity index (χ0n) is 14.8. The maximum atomic E-state index is 12.9. The van der Waals surface area contributed by atoms with Gasteiger partial charge in [0.1, 0.15) is 11.4 Å². The van der Waals surface area contributed by atoms with Crippen LogP contribution in [-0.4, -0.2) is 26.4 Å². The number of benzene rings is 1.